The topological polar surface area (TPSA) is 83.9 Å². The molecule has 0 fully saturated rings. The predicted molar refractivity (Wildman–Crippen MR) is 124 cm³/mol. The summed E-state index contributed by atoms with van der Waals surface area (Å²) < 4.78 is 62.6. The van der Waals surface area contributed by atoms with Crippen molar-refractivity contribution in [3.63, 3.8) is 0 Å². The summed E-state index contributed by atoms with van der Waals surface area (Å²) in [4.78, 5) is 11.1. The quantitative estimate of drug-likeness (QED) is 0.482. The third-order valence-electron chi connectivity index (χ3n) is 5.48. The van der Waals surface area contributed by atoms with Crippen molar-refractivity contribution in [3.8, 4) is 16.9 Å². The number of fused-ring (bicyclic) bond motifs is 1. The van der Waals surface area contributed by atoms with Gasteiger partial charge in [0.2, 0.25) is 0 Å². The third kappa shape index (κ3) is 4.58. The van der Waals surface area contributed by atoms with Crippen molar-refractivity contribution in [2.24, 2.45) is 0 Å². The van der Waals surface area contributed by atoms with Crippen LogP contribution in [-0.2, 0) is 14.8 Å². The van der Waals surface area contributed by atoms with Gasteiger partial charge in [0.15, 0.2) is 11.6 Å². The molecule has 1 heterocycles. The largest absolute Gasteiger partial charge is 0.486 e. The number of hydrogen-bond acceptors (Lipinski definition) is 4. The molecular weight excluding hydrogens is 488 g/mol. The number of hydrogen-bond donors (Lipinski definition) is 1. The highest BCUT2D eigenvalue weighted by Gasteiger charge is 2.36. The van der Waals surface area contributed by atoms with E-state index in [4.69, 9.17) is 21.4 Å². The molecule has 3 aromatic carbocycles. The Morgan fingerprint density at radius 3 is 2.59 bits per heavy atom. The third-order valence-corrected chi connectivity index (χ3v) is 7.57. The number of anilines is 1. The van der Waals surface area contributed by atoms with Crippen molar-refractivity contribution in [2.45, 2.75) is 30.8 Å². The fourth-order valence-corrected chi connectivity index (χ4v) is 5.68. The summed E-state index contributed by atoms with van der Waals surface area (Å²) in [5, 5.41) is 9.08. The van der Waals surface area contributed by atoms with Crippen molar-refractivity contribution < 1.29 is 31.8 Å². The average Bonchev–Trinajstić information content (AvgIpc) is 2.78. The number of nitrogens with zero attached hydrogens (tertiary/aromatic N) is 1. The Kier molecular flexibility index (Phi) is 6.51. The molecule has 6 nitrogen and oxygen atoms in total. The van der Waals surface area contributed by atoms with Crippen molar-refractivity contribution >= 4 is 33.3 Å². The number of carboxylic acid groups (broad SMARTS) is 1. The maximum atomic E-state index is 14.5. The van der Waals surface area contributed by atoms with Gasteiger partial charge >= 0.3 is 5.97 Å². The molecule has 0 saturated heterocycles. The predicted octanol–water partition coefficient (Wildman–Crippen LogP) is 5.41. The van der Waals surface area contributed by atoms with Gasteiger partial charge in [-0.3, -0.25) is 9.10 Å². The van der Waals surface area contributed by atoms with E-state index in [0.29, 0.717) is 0 Å². The standard InChI is InChI=1S/C24H20ClF2NO5S/c1-14-4-2-5-16(10-14)34(31,32)28-13-15(8-9-23(29)30)33-22-12-19(25)18(11-21(22)28)17-6-3-7-20(26)24(17)27/h2-7,10-12,15H,8-9,13H2,1H3,(H,29,30)/t15-/m0/s1. The first-order chi connectivity index (χ1) is 16.1. The van der Waals surface area contributed by atoms with Crippen LogP contribution in [0.25, 0.3) is 11.1 Å². The molecule has 0 saturated carbocycles. The smallest absolute Gasteiger partial charge is 0.303 e. The van der Waals surface area contributed by atoms with Gasteiger partial charge in [0.05, 0.1) is 22.2 Å². The van der Waals surface area contributed by atoms with Gasteiger partial charge in [-0.15, -0.1) is 0 Å². The second-order valence-corrected chi connectivity index (χ2v) is 10.2. The number of carbonyl (C=O) groups is 1. The molecule has 0 radical (unpaired) electrons. The monoisotopic (exact) mass is 507 g/mol. The number of sulfonamides is 1. The molecular formula is C24H20ClF2NO5S. The van der Waals surface area contributed by atoms with Crippen LogP contribution >= 0.6 is 11.6 Å². The fraction of sp³-hybridized carbons (Fsp3) is 0.208. The Morgan fingerprint density at radius 2 is 1.88 bits per heavy atom. The highest BCUT2D eigenvalue weighted by atomic mass is 35.5. The fourth-order valence-electron chi connectivity index (χ4n) is 3.82. The van der Waals surface area contributed by atoms with E-state index in [2.05, 4.69) is 0 Å². The Hall–Kier alpha value is -3.17. The number of rotatable bonds is 6. The molecule has 0 amide bonds. The van der Waals surface area contributed by atoms with Crippen molar-refractivity contribution in [2.75, 3.05) is 10.8 Å². The Morgan fingerprint density at radius 1 is 1.15 bits per heavy atom. The summed E-state index contributed by atoms with van der Waals surface area (Å²) in [7, 11) is -4.10. The molecule has 0 bridgehead atoms. The van der Waals surface area contributed by atoms with Gasteiger partial charge in [0, 0.05) is 23.6 Å². The molecule has 0 unspecified atom stereocenters. The minimum atomic E-state index is -4.10. The molecule has 1 N–H and O–H groups in total. The van der Waals surface area contributed by atoms with Crippen LogP contribution in [0.1, 0.15) is 18.4 Å². The lowest BCUT2D eigenvalue weighted by molar-refractivity contribution is -0.137. The second-order valence-electron chi connectivity index (χ2n) is 7.93. The summed E-state index contributed by atoms with van der Waals surface area (Å²) in [6.45, 7) is 1.59. The number of aliphatic carboxylic acids is 1. The number of halogens is 3. The molecule has 1 aliphatic rings. The zero-order chi connectivity index (χ0) is 24.6. The van der Waals surface area contributed by atoms with E-state index in [0.717, 1.165) is 15.9 Å². The summed E-state index contributed by atoms with van der Waals surface area (Å²) in [5.74, 6) is -3.13. The minimum Gasteiger partial charge on any atom is -0.486 e. The zero-order valence-corrected chi connectivity index (χ0v) is 19.5. The Labute approximate surface area is 200 Å². The van der Waals surface area contributed by atoms with E-state index < -0.39 is 33.7 Å². The van der Waals surface area contributed by atoms with Crippen molar-refractivity contribution in [1.82, 2.24) is 0 Å². The Bertz CT molecular complexity index is 1380. The van der Waals surface area contributed by atoms with Gasteiger partial charge in [-0.05, 0) is 43.2 Å². The van der Waals surface area contributed by atoms with Crippen molar-refractivity contribution in [1.29, 1.82) is 0 Å². The molecule has 178 valence electrons. The van der Waals surface area contributed by atoms with E-state index in [1.807, 2.05) is 0 Å². The highest BCUT2D eigenvalue weighted by molar-refractivity contribution is 7.92. The molecule has 0 aliphatic carbocycles. The van der Waals surface area contributed by atoms with Crippen LogP contribution in [0.5, 0.6) is 5.75 Å². The van der Waals surface area contributed by atoms with Crippen LogP contribution in [-0.4, -0.2) is 32.1 Å². The lowest BCUT2D eigenvalue weighted by Gasteiger charge is -2.36. The van der Waals surface area contributed by atoms with Gasteiger partial charge in [-0.2, -0.15) is 0 Å². The molecule has 4 rings (SSSR count). The van der Waals surface area contributed by atoms with Crippen molar-refractivity contribution in [3.05, 3.63) is 76.8 Å². The molecule has 0 spiro atoms. The summed E-state index contributed by atoms with van der Waals surface area (Å²) in [5.41, 5.74) is 0.787. The summed E-state index contributed by atoms with van der Waals surface area (Å²) in [6.07, 6.45) is -0.915. The van der Waals surface area contributed by atoms with Crippen LogP contribution in [0.4, 0.5) is 14.5 Å². The van der Waals surface area contributed by atoms with E-state index in [1.54, 1.807) is 19.1 Å². The maximum Gasteiger partial charge on any atom is 0.303 e. The number of carboxylic acids is 1. The summed E-state index contributed by atoms with van der Waals surface area (Å²) >= 11 is 6.36. The zero-order valence-electron chi connectivity index (χ0n) is 18.0. The summed E-state index contributed by atoms with van der Waals surface area (Å²) in [6, 6.07) is 12.6. The van der Waals surface area contributed by atoms with Gasteiger partial charge in [-0.1, -0.05) is 35.9 Å². The second kappa shape index (κ2) is 9.23. The highest BCUT2D eigenvalue weighted by Crippen LogP contribution is 2.44. The van der Waals surface area contributed by atoms with Crippen LogP contribution in [0, 0.1) is 18.6 Å². The van der Waals surface area contributed by atoms with Crippen LogP contribution in [0.2, 0.25) is 5.02 Å². The molecule has 0 aromatic heterocycles. The molecule has 1 aliphatic heterocycles. The van der Waals surface area contributed by atoms with Gasteiger partial charge < -0.3 is 9.84 Å². The molecule has 1 atom stereocenters. The lowest BCUT2D eigenvalue weighted by Crippen LogP contribution is -2.43. The first kappa shape index (κ1) is 24.0. The van der Waals surface area contributed by atoms with E-state index in [1.165, 1.54) is 36.4 Å². The van der Waals surface area contributed by atoms with E-state index >= 15 is 0 Å². The van der Waals surface area contributed by atoms with Crippen LogP contribution in [0.3, 0.4) is 0 Å². The number of ether oxygens (including phenoxy) is 1. The van der Waals surface area contributed by atoms with E-state index in [9.17, 15) is 22.0 Å². The molecule has 34 heavy (non-hydrogen) atoms. The lowest BCUT2D eigenvalue weighted by atomic mass is 10.0. The normalized spacial score (nSPS) is 15.5. The van der Waals surface area contributed by atoms with Gasteiger partial charge in [0.1, 0.15) is 11.9 Å². The number of benzene rings is 3. The van der Waals surface area contributed by atoms with Crippen LogP contribution < -0.4 is 9.04 Å². The number of aryl methyl sites for hydroxylation is 1. The minimum absolute atomic E-state index is 0.0232. The maximum absolute atomic E-state index is 14.5. The first-order valence-corrected chi connectivity index (χ1v) is 12.2. The average molecular weight is 508 g/mol. The SMILES string of the molecule is Cc1cccc(S(=O)(=O)N2C[C@H](CCC(=O)O)Oc3cc(Cl)c(-c4cccc(F)c4F)cc32)c1. The first-order valence-electron chi connectivity index (χ1n) is 10.3. The molecule has 10 heteroatoms. The Balaban J connectivity index is 1.87. The molecule has 3 aromatic rings. The van der Waals surface area contributed by atoms with E-state index in [-0.39, 0.29) is 51.9 Å². The van der Waals surface area contributed by atoms with Gasteiger partial charge in [0.25, 0.3) is 10.0 Å². The van der Waals surface area contributed by atoms with Crippen LogP contribution in [0.15, 0.2) is 59.5 Å². The van der Waals surface area contributed by atoms with Gasteiger partial charge in [-0.25, -0.2) is 17.2 Å².